The molecule has 3 rings (SSSR count). The standard InChI is InChI=1S/C16H28N2O3/c1-13-5-8-17(9-6-13)15(19)12-18-7-3-2-4-14(18)16-20-10-11-21-16/h13-14,16H,2-12H2,1H3. The quantitative estimate of drug-likeness (QED) is 0.791. The molecule has 120 valence electrons. The van der Waals surface area contributed by atoms with Crippen LogP contribution in [0.4, 0.5) is 0 Å². The number of hydrogen-bond acceptors (Lipinski definition) is 4. The fourth-order valence-corrected chi connectivity index (χ4v) is 3.65. The summed E-state index contributed by atoms with van der Waals surface area (Å²) in [5.74, 6) is 1.05. The zero-order valence-electron chi connectivity index (χ0n) is 13.1. The maximum atomic E-state index is 12.5. The summed E-state index contributed by atoms with van der Waals surface area (Å²) in [5.41, 5.74) is 0. The van der Waals surface area contributed by atoms with Crippen molar-refractivity contribution >= 4 is 5.91 Å². The van der Waals surface area contributed by atoms with Crippen molar-refractivity contribution < 1.29 is 14.3 Å². The molecule has 1 atom stereocenters. The third-order valence-electron chi connectivity index (χ3n) is 5.10. The average molecular weight is 296 g/mol. The van der Waals surface area contributed by atoms with Gasteiger partial charge in [-0.3, -0.25) is 9.69 Å². The van der Waals surface area contributed by atoms with Gasteiger partial charge in [0.25, 0.3) is 0 Å². The van der Waals surface area contributed by atoms with E-state index in [1.54, 1.807) is 0 Å². The van der Waals surface area contributed by atoms with Gasteiger partial charge in [-0.2, -0.15) is 0 Å². The second kappa shape index (κ2) is 7.07. The van der Waals surface area contributed by atoms with E-state index in [0.717, 1.165) is 44.8 Å². The van der Waals surface area contributed by atoms with Gasteiger partial charge in [-0.15, -0.1) is 0 Å². The first-order valence-electron chi connectivity index (χ1n) is 8.49. The molecule has 1 amide bonds. The lowest BCUT2D eigenvalue weighted by Gasteiger charge is -2.39. The smallest absolute Gasteiger partial charge is 0.236 e. The maximum absolute atomic E-state index is 12.5. The predicted octanol–water partition coefficient (Wildman–Crippen LogP) is 1.47. The van der Waals surface area contributed by atoms with E-state index in [0.29, 0.717) is 19.8 Å². The summed E-state index contributed by atoms with van der Waals surface area (Å²) in [7, 11) is 0. The zero-order chi connectivity index (χ0) is 14.7. The van der Waals surface area contributed by atoms with Crippen LogP contribution in [0.5, 0.6) is 0 Å². The van der Waals surface area contributed by atoms with Gasteiger partial charge in [0.2, 0.25) is 5.91 Å². The predicted molar refractivity (Wildman–Crippen MR) is 79.9 cm³/mol. The maximum Gasteiger partial charge on any atom is 0.236 e. The van der Waals surface area contributed by atoms with Crippen molar-refractivity contribution in [3.05, 3.63) is 0 Å². The summed E-state index contributed by atoms with van der Waals surface area (Å²) in [4.78, 5) is 16.9. The van der Waals surface area contributed by atoms with E-state index in [2.05, 4.69) is 11.8 Å². The molecule has 0 spiro atoms. The lowest BCUT2D eigenvalue weighted by molar-refractivity contribution is -0.140. The van der Waals surface area contributed by atoms with Crippen LogP contribution in [0.3, 0.4) is 0 Å². The van der Waals surface area contributed by atoms with Gasteiger partial charge in [0.15, 0.2) is 6.29 Å². The SMILES string of the molecule is CC1CCN(C(=O)CN2CCCCC2C2OCCO2)CC1. The molecular formula is C16H28N2O3. The molecule has 1 unspecified atom stereocenters. The number of rotatable bonds is 3. The van der Waals surface area contributed by atoms with Crippen LogP contribution >= 0.6 is 0 Å². The number of amides is 1. The molecule has 3 fully saturated rings. The van der Waals surface area contributed by atoms with Crippen molar-refractivity contribution in [2.45, 2.75) is 51.4 Å². The molecule has 5 heteroatoms. The van der Waals surface area contributed by atoms with Crippen molar-refractivity contribution in [3.8, 4) is 0 Å². The summed E-state index contributed by atoms with van der Waals surface area (Å²) < 4.78 is 11.3. The molecular weight excluding hydrogens is 268 g/mol. The van der Waals surface area contributed by atoms with Crippen molar-refractivity contribution in [1.29, 1.82) is 0 Å². The summed E-state index contributed by atoms with van der Waals surface area (Å²) in [6, 6.07) is 0.258. The van der Waals surface area contributed by atoms with Crippen molar-refractivity contribution in [3.63, 3.8) is 0 Å². The monoisotopic (exact) mass is 296 g/mol. The van der Waals surface area contributed by atoms with Gasteiger partial charge in [-0.1, -0.05) is 13.3 Å². The molecule has 0 aromatic rings. The fourth-order valence-electron chi connectivity index (χ4n) is 3.65. The first-order chi connectivity index (χ1) is 10.2. The minimum Gasteiger partial charge on any atom is -0.349 e. The number of piperidine rings is 2. The Bertz CT molecular complexity index is 349. The topological polar surface area (TPSA) is 42.0 Å². The van der Waals surface area contributed by atoms with Crippen LogP contribution in [0.2, 0.25) is 0 Å². The zero-order valence-corrected chi connectivity index (χ0v) is 13.1. The molecule has 0 radical (unpaired) electrons. The van der Waals surface area contributed by atoms with E-state index in [1.165, 1.54) is 12.8 Å². The Balaban J connectivity index is 1.55. The van der Waals surface area contributed by atoms with Crippen LogP contribution in [0, 0.1) is 5.92 Å². The minimum absolute atomic E-state index is 0.125. The van der Waals surface area contributed by atoms with E-state index in [1.807, 2.05) is 4.90 Å². The van der Waals surface area contributed by atoms with Crippen LogP contribution in [-0.2, 0) is 14.3 Å². The minimum atomic E-state index is -0.125. The van der Waals surface area contributed by atoms with E-state index in [-0.39, 0.29) is 18.2 Å². The van der Waals surface area contributed by atoms with E-state index in [4.69, 9.17) is 9.47 Å². The Morgan fingerprint density at radius 2 is 1.76 bits per heavy atom. The highest BCUT2D eigenvalue weighted by Crippen LogP contribution is 2.25. The van der Waals surface area contributed by atoms with Gasteiger partial charge >= 0.3 is 0 Å². The van der Waals surface area contributed by atoms with Crippen molar-refractivity contribution in [2.24, 2.45) is 5.92 Å². The molecule has 0 saturated carbocycles. The molecule has 0 aromatic carbocycles. The molecule has 3 aliphatic rings. The van der Waals surface area contributed by atoms with Crippen LogP contribution < -0.4 is 0 Å². The van der Waals surface area contributed by atoms with E-state index >= 15 is 0 Å². The first kappa shape index (κ1) is 15.3. The molecule has 0 aliphatic carbocycles. The number of likely N-dealkylation sites (tertiary alicyclic amines) is 2. The Labute approximate surface area is 127 Å². The molecule has 21 heavy (non-hydrogen) atoms. The summed E-state index contributed by atoms with van der Waals surface area (Å²) in [5, 5.41) is 0. The third-order valence-corrected chi connectivity index (χ3v) is 5.10. The highest BCUT2D eigenvalue weighted by Gasteiger charge is 2.35. The second-order valence-corrected chi connectivity index (χ2v) is 6.71. The van der Waals surface area contributed by atoms with Gasteiger partial charge in [0, 0.05) is 13.1 Å². The Morgan fingerprint density at radius 3 is 2.48 bits per heavy atom. The number of ether oxygens (including phenoxy) is 2. The number of hydrogen-bond donors (Lipinski definition) is 0. The van der Waals surface area contributed by atoms with Gasteiger partial charge < -0.3 is 14.4 Å². The second-order valence-electron chi connectivity index (χ2n) is 6.71. The van der Waals surface area contributed by atoms with E-state index in [9.17, 15) is 4.79 Å². The van der Waals surface area contributed by atoms with Crippen molar-refractivity contribution in [1.82, 2.24) is 9.80 Å². The molecule has 3 aliphatic heterocycles. The Morgan fingerprint density at radius 1 is 1.05 bits per heavy atom. The molecule has 5 nitrogen and oxygen atoms in total. The normalized spacial score (nSPS) is 30.0. The number of carbonyl (C=O) groups excluding carboxylic acids is 1. The summed E-state index contributed by atoms with van der Waals surface area (Å²) in [6.45, 7) is 7.02. The first-order valence-corrected chi connectivity index (χ1v) is 8.49. The average Bonchev–Trinajstić information content (AvgIpc) is 3.02. The van der Waals surface area contributed by atoms with Crippen LogP contribution in [0.1, 0.15) is 39.0 Å². The molecule has 3 heterocycles. The Kier molecular flexibility index (Phi) is 5.14. The fraction of sp³-hybridized carbons (Fsp3) is 0.938. The highest BCUT2D eigenvalue weighted by atomic mass is 16.7. The molecule has 0 N–H and O–H groups in total. The Hall–Kier alpha value is -0.650. The van der Waals surface area contributed by atoms with Crippen LogP contribution in [0.25, 0.3) is 0 Å². The lowest BCUT2D eigenvalue weighted by atomic mass is 9.98. The summed E-state index contributed by atoms with van der Waals surface area (Å²) >= 11 is 0. The van der Waals surface area contributed by atoms with E-state index < -0.39 is 0 Å². The van der Waals surface area contributed by atoms with Crippen LogP contribution in [0.15, 0.2) is 0 Å². The van der Waals surface area contributed by atoms with Gasteiger partial charge in [-0.25, -0.2) is 0 Å². The van der Waals surface area contributed by atoms with Gasteiger partial charge in [-0.05, 0) is 38.1 Å². The number of carbonyl (C=O) groups is 1. The molecule has 0 aromatic heterocycles. The highest BCUT2D eigenvalue weighted by molar-refractivity contribution is 5.78. The summed E-state index contributed by atoms with van der Waals surface area (Å²) in [6.07, 6.45) is 5.62. The van der Waals surface area contributed by atoms with Gasteiger partial charge in [0.05, 0.1) is 25.8 Å². The largest absolute Gasteiger partial charge is 0.349 e. The molecule has 0 bridgehead atoms. The molecule has 3 saturated heterocycles. The van der Waals surface area contributed by atoms with Crippen molar-refractivity contribution in [2.75, 3.05) is 39.4 Å². The van der Waals surface area contributed by atoms with Gasteiger partial charge in [0.1, 0.15) is 0 Å². The number of nitrogens with zero attached hydrogens (tertiary/aromatic N) is 2. The third kappa shape index (κ3) is 3.76. The lowest BCUT2D eigenvalue weighted by Crippen LogP contribution is -2.52. The van der Waals surface area contributed by atoms with Crippen LogP contribution in [-0.4, -0.2) is 67.4 Å².